The van der Waals surface area contributed by atoms with Crippen LogP contribution in [0.25, 0.3) is 0 Å². The summed E-state index contributed by atoms with van der Waals surface area (Å²) in [6.45, 7) is 1.04. The third-order valence-electron chi connectivity index (χ3n) is 5.56. The lowest BCUT2D eigenvalue weighted by Crippen LogP contribution is -2.50. The molecule has 1 heterocycles. The molecule has 2 bridgehead atoms. The average molecular weight is 250 g/mol. The van der Waals surface area contributed by atoms with E-state index >= 15 is 0 Å². The first-order valence-electron chi connectivity index (χ1n) is 7.71. The van der Waals surface area contributed by atoms with Crippen LogP contribution in [-0.4, -0.2) is 36.0 Å². The van der Waals surface area contributed by atoms with Crippen LogP contribution in [0.1, 0.15) is 57.8 Å². The molecule has 3 aliphatic rings. The van der Waals surface area contributed by atoms with Crippen LogP contribution in [0.15, 0.2) is 0 Å². The number of hydrogen-bond donors (Lipinski definition) is 1. The lowest BCUT2D eigenvalue weighted by Gasteiger charge is -2.39. The highest BCUT2D eigenvalue weighted by atomic mass is 16.2. The molecule has 1 aliphatic heterocycles. The Morgan fingerprint density at radius 3 is 2.61 bits per heavy atom. The van der Waals surface area contributed by atoms with E-state index in [2.05, 4.69) is 10.2 Å². The Bertz CT molecular complexity index is 322. The standard InChI is InChI=1S/C15H26N2O/c1-16-15(7-3-2-4-8-15)10-14(18)17-11-12-5-6-13(17)9-12/h12-13,16H,2-11H2,1H3. The van der Waals surface area contributed by atoms with Gasteiger partial charge in [0.2, 0.25) is 5.91 Å². The number of fused-ring (bicyclic) bond motifs is 2. The molecule has 2 atom stereocenters. The predicted molar refractivity (Wildman–Crippen MR) is 72.3 cm³/mol. The van der Waals surface area contributed by atoms with Gasteiger partial charge in [0.05, 0.1) is 0 Å². The lowest BCUT2D eigenvalue weighted by atomic mass is 9.79. The fraction of sp³-hybridized carbons (Fsp3) is 0.933. The average Bonchev–Trinajstić information content (AvgIpc) is 3.02. The maximum Gasteiger partial charge on any atom is 0.224 e. The van der Waals surface area contributed by atoms with Crippen molar-refractivity contribution in [2.75, 3.05) is 13.6 Å². The molecule has 3 rings (SSSR count). The Kier molecular flexibility index (Phi) is 3.35. The number of likely N-dealkylation sites (tertiary alicyclic amines) is 1. The number of piperidine rings is 1. The Balaban J connectivity index is 1.62. The van der Waals surface area contributed by atoms with Gasteiger partial charge < -0.3 is 10.2 Å². The quantitative estimate of drug-likeness (QED) is 0.833. The summed E-state index contributed by atoms with van der Waals surface area (Å²) in [7, 11) is 2.04. The molecule has 0 radical (unpaired) electrons. The first kappa shape index (κ1) is 12.5. The molecule has 102 valence electrons. The largest absolute Gasteiger partial charge is 0.339 e. The summed E-state index contributed by atoms with van der Waals surface area (Å²) in [6, 6.07) is 0.583. The number of carbonyl (C=O) groups is 1. The minimum atomic E-state index is 0.108. The zero-order valence-electron chi connectivity index (χ0n) is 11.6. The zero-order chi connectivity index (χ0) is 12.6. The van der Waals surface area contributed by atoms with Gasteiger partial charge in [-0.15, -0.1) is 0 Å². The molecule has 0 aromatic heterocycles. The normalized spacial score (nSPS) is 33.9. The van der Waals surface area contributed by atoms with E-state index in [9.17, 15) is 4.79 Å². The van der Waals surface area contributed by atoms with Crippen molar-refractivity contribution in [1.82, 2.24) is 10.2 Å². The summed E-state index contributed by atoms with van der Waals surface area (Å²) < 4.78 is 0. The highest BCUT2D eigenvalue weighted by molar-refractivity contribution is 5.78. The molecule has 1 N–H and O–H groups in total. The molecular weight excluding hydrogens is 224 g/mol. The van der Waals surface area contributed by atoms with Gasteiger partial charge in [-0.25, -0.2) is 0 Å². The Labute approximate surface area is 110 Å². The van der Waals surface area contributed by atoms with Gasteiger partial charge in [0.1, 0.15) is 0 Å². The molecule has 3 heteroatoms. The summed E-state index contributed by atoms with van der Waals surface area (Å²) in [5.41, 5.74) is 0.108. The second-order valence-corrected chi connectivity index (χ2v) is 6.65. The first-order chi connectivity index (χ1) is 8.72. The second kappa shape index (κ2) is 4.84. The highest BCUT2D eigenvalue weighted by Crippen LogP contribution is 2.39. The van der Waals surface area contributed by atoms with Crippen molar-refractivity contribution in [1.29, 1.82) is 0 Å². The van der Waals surface area contributed by atoms with Crippen LogP contribution in [0.2, 0.25) is 0 Å². The summed E-state index contributed by atoms with van der Waals surface area (Å²) in [4.78, 5) is 14.7. The van der Waals surface area contributed by atoms with Gasteiger partial charge in [-0.3, -0.25) is 4.79 Å². The number of nitrogens with one attached hydrogen (secondary N) is 1. The van der Waals surface area contributed by atoms with E-state index in [-0.39, 0.29) is 5.54 Å². The van der Waals surface area contributed by atoms with E-state index in [0.29, 0.717) is 11.9 Å². The van der Waals surface area contributed by atoms with Crippen LogP contribution in [0, 0.1) is 5.92 Å². The van der Waals surface area contributed by atoms with Crippen molar-refractivity contribution in [2.45, 2.75) is 69.4 Å². The van der Waals surface area contributed by atoms with Gasteiger partial charge in [0.15, 0.2) is 0 Å². The SMILES string of the molecule is CNC1(CC(=O)N2CC3CCC2C3)CCCCC1. The minimum Gasteiger partial charge on any atom is -0.339 e. The van der Waals surface area contributed by atoms with Crippen molar-refractivity contribution in [3.05, 3.63) is 0 Å². The molecule has 0 aromatic carbocycles. The third kappa shape index (κ3) is 2.18. The molecule has 18 heavy (non-hydrogen) atoms. The Hall–Kier alpha value is -0.570. The van der Waals surface area contributed by atoms with E-state index in [1.807, 2.05) is 7.05 Å². The highest BCUT2D eigenvalue weighted by Gasteiger charge is 2.42. The maximum atomic E-state index is 12.6. The number of amides is 1. The smallest absolute Gasteiger partial charge is 0.224 e. The molecule has 2 unspecified atom stereocenters. The van der Waals surface area contributed by atoms with Crippen molar-refractivity contribution < 1.29 is 4.79 Å². The molecule has 0 spiro atoms. The van der Waals surface area contributed by atoms with Crippen LogP contribution in [0.5, 0.6) is 0 Å². The van der Waals surface area contributed by atoms with E-state index in [4.69, 9.17) is 0 Å². The third-order valence-corrected chi connectivity index (χ3v) is 5.56. The number of hydrogen-bond acceptors (Lipinski definition) is 2. The summed E-state index contributed by atoms with van der Waals surface area (Å²) in [5, 5.41) is 3.47. The van der Waals surface area contributed by atoms with E-state index in [1.54, 1.807) is 0 Å². The van der Waals surface area contributed by atoms with Gasteiger partial charge in [-0.2, -0.15) is 0 Å². The predicted octanol–water partition coefficient (Wildman–Crippen LogP) is 2.31. The first-order valence-corrected chi connectivity index (χ1v) is 7.71. The molecule has 1 saturated heterocycles. The molecule has 2 aliphatic carbocycles. The van der Waals surface area contributed by atoms with Crippen molar-refractivity contribution in [3.8, 4) is 0 Å². The summed E-state index contributed by atoms with van der Waals surface area (Å²) in [5.74, 6) is 1.23. The maximum absolute atomic E-state index is 12.6. The van der Waals surface area contributed by atoms with Crippen molar-refractivity contribution in [3.63, 3.8) is 0 Å². The summed E-state index contributed by atoms with van der Waals surface area (Å²) in [6.07, 6.45) is 10.9. The summed E-state index contributed by atoms with van der Waals surface area (Å²) >= 11 is 0. The van der Waals surface area contributed by atoms with Gasteiger partial charge in [0, 0.05) is 24.5 Å². The molecule has 3 fully saturated rings. The molecular formula is C15H26N2O. The van der Waals surface area contributed by atoms with E-state index in [1.165, 1.54) is 51.4 Å². The zero-order valence-corrected chi connectivity index (χ0v) is 11.6. The minimum absolute atomic E-state index is 0.108. The number of nitrogens with zero attached hydrogens (tertiary/aromatic N) is 1. The van der Waals surface area contributed by atoms with Crippen molar-refractivity contribution in [2.24, 2.45) is 5.92 Å². The van der Waals surface area contributed by atoms with E-state index < -0.39 is 0 Å². The molecule has 3 nitrogen and oxygen atoms in total. The Morgan fingerprint density at radius 2 is 2.06 bits per heavy atom. The van der Waals surface area contributed by atoms with Crippen molar-refractivity contribution >= 4 is 5.91 Å². The van der Waals surface area contributed by atoms with Crippen LogP contribution < -0.4 is 5.32 Å². The van der Waals surface area contributed by atoms with Gasteiger partial charge in [-0.1, -0.05) is 19.3 Å². The van der Waals surface area contributed by atoms with Crippen LogP contribution in [0.4, 0.5) is 0 Å². The van der Waals surface area contributed by atoms with Gasteiger partial charge in [0.25, 0.3) is 0 Å². The lowest BCUT2D eigenvalue weighted by molar-refractivity contribution is -0.134. The topological polar surface area (TPSA) is 32.3 Å². The van der Waals surface area contributed by atoms with Crippen LogP contribution >= 0.6 is 0 Å². The number of carbonyl (C=O) groups excluding carboxylic acids is 1. The Morgan fingerprint density at radius 1 is 1.28 bits per heavy atom. The van der Waals surface area contributed by atoms with E-state index in [0.717, 1.165) is 18.9 Å². The number of rotatable bonds is 3. The molecule has 0 aromatic rings. The van der Waals surface area contributed by atoms with Crippen LogP contribution in [0.3, 0.4) is 0 Å². The molecule has 2 saturated carbocycles. The fourth-order valence-corrected chi connectivity index (χ4v) is 4.36. The van der Waals surface area contributed by atoms with Gasteiger partial charge >= 0.3 is 0 Å². The van der Waals surface area contributed by atoms with Gasteiger partial charge in [-0.05, 0) is 45.1 Å². The second-order valence-electron chi connectivity index (χ2n) is 6.65. The molecule has 1 amide bonds. The fourth-order valence-electron chi connectivity index (χ4n) is 4.36. The monoisotopic (exact) mass is 250 g/mol. The van der Waals surface area contributed by atoms with Crippen LogP contribution in [-0.2, 0) is 4.79 Å².